The van der Waals surface area contributed by atoms with E-state index in [0.29, 0.717) is 19.6 Å². The average Bonchev–Trinajstić information content (AvgIpc) is 3.36. The number of hydrogen-bond donors (Lipinski definition) is 2. The number of ether oxygens (including phenoxy) is 2. The predicted octanol–water partition coefficient (Wildman–Crippen LogP) is 2.73. The van der Waals surface area contributed by atoms with Crippen LogP contribution < -0.4 is 5.32 Å². The van der Waals surface area contributed by atoms with Crippen molar-refractivity contribution in [2.75, 3.05) is 26.3 Å². The number of sulfonamides is 1. The quantitative estimate of drug-likeness (QED) is 0.311. The highest BCUT2D eigenvalue weighted by atomic mass is 32.2. The summed E-state index contributed by atoms with van der Waals surface area (Å²) in [5, 5.41) is 24.9. The number of rotatable bonds is 12. The molecule has 0 aliphatic carbocycles. The van der Waals surface area contributed by atoms with Gasteiger partial charge in [-0.3, -0.25) is 10.1 Å². The lowest BCUT2D eigenvalue weighted by Crippen LogP contribution is -2.51. The molecule has 1 aliphatic rings. The smallest absolute Gasteiger partial charge is 0.407 e. The van der Waals surface area contributed by atoms with Gasteiger partial charge in [-0.2, -0.15) is 4.31 Å². The van der Waals surface area contributed by atoms with Crippen LogP contribution in [0, 0.1) is 16.0 Å². The number of aliphatic hydroxyl groups is 1. The standard InChI is InChI=1S/C25H33N3O8S/c1-18(2)15-27(37(33,34)22-10-8-20(9-11-22)28(31)32)16-24(29)23(14-19-6-4-3-5-7-19)26-25(30)36-21-12-13-35-17-21/h3-11,18,21,23-24,29H,12-17H2,1-2H3,(H,26,30)/t21?,23?,24-/m1/s1. The van der Waals surface area contributed by atoms with Crippen LogP contribution in [-0.4, -0.2) is 73.4 Å². The molecule has 3 atom stereocenters. The molecule has 1 amide bonds. The minimum absolute atomic E-state index is 0.0760. The second-order valence-corrected chi connectivity index (χ2v) is 11.3. The second kappa shape index (κ2) is 13.0. The first-order valence-electron chi connectivity index (χ1n) is 12.1. The van der Waals surface area contributed by atoms with Gasteiger partial charge in [0.05, 0.1) is 35.2 Å². The molecule has 1 fully saturated rings. The van der Waals surface area contributed by atoms with Gasteiger partial charge in [-0.1, -0.05) is 44.2 Å². The van der Waals surface area contributed by atoms with Crippen LogP contribution in [0.25, 0.3) is 0 Å². The number of nitrogens with zero attached hydrogens (tertiary/aromatic N) is 2. The lowest BCUT2D eigenvalue weighted by atomic mass is 10.0. The van der Waals surface area contributed by atoms with Crippen molar-refractivity contribution in [3.8, 4) is 0 Å². The van der Waals surface area contributed by atoms with E-state index in [-0.39, 0.29) is 42.1 Å². The minimum atomic E-state index is -4.10. The molecule has 2 aromatic carbocycles. The molecule has 1 heterocycles. The summed E-state index contributed by atoms with van der Waals surface area (Å²) >= 11 is 0. The number of alkyl carbamates (subject to hydrolysis) is 1. The fraction of sp³-hybridized carbons (Fsp3) is 0.480. The maximum Gasteiger partial charge on any atom is 0.407 e. The maximum absolute atomic E-state index is 13.4. The molecule has 202 valence electrons. The molecule has 0 saturated carbocycles. The molecule has 1 saturated heterocycles. The number of nitrogens with one attached hydrogen (secondary N) is 1. The van der Waals surface area contributed by atoms with Gasteiger partial charge in [0.25, 0.3) is 5.69 Å². The zero-order valence-corrected chi connectivity index (χ0v) is 21.7. The molecule has 0 bridgehead atoms. The van der Waals surface area contributed by atoms with Crippen LogP contribution in [-0.2, 0) is 25.9 Å². The molecule has 0 spiro atoms. The van der Waals surface area contributed by atoms with Crippen molar-refractivity contribution in [3.05, 3.63) is 70.3 Å². The molecule has 11 nitrogen and oxygen atoms in total. The highest BCUT2D eigenvalue weighted by molar-refractivity contribution is 7.89. The van der Waals surface area contributed by atoms with Gasteiger partial charge >= 0.3 is 6.09 Å². The molecule has 37 heavy (non-hydrogen) atoms. The van der Waals surface area contributed by atoms with Gasteiger partial charge in [-0.25, -0.2) is 13.2 Å². The summed E-state index contributed by atoms with van der Waals surface area (Å²) < 4.78 is 38.6. The van der Waals surface area contributed by atoms with Gasteiger partial charge in [0, 0.05) is 31.6 Å². The Balaban J connectivity index is 1.81. The summed E-state index contributed by atoms with van der Waals surface area (Å²) in [6, 6.07) is 12.9. The number of nitro groups is 1. The Labute approximate surface area is 216 Å². The topological polar surface area (TPSA) is 148 Å². The fourth-order valence-electron chi connectivity index (χ4n) is 4.00. The summed E-state index contributed by atoms with van der Waals surface area (Å²) in [7, 11) is -4.10. The van der Waals surface area contributed by atoms with Gasteiger partial charge in [0.2, 0.25) is 10.0 Å². The zero-order chi connectivity index (χ0) is 27.0. The third-order valence-corrected chi connectivity index (χ3v) is 7.72. The van der Waals surface area contributed by atoms with Crippen molar-refractivity contribution in [1.29, 1.82) is 0 Å². The first-order chi connectivity index (χ1) is 17.6. The van der Waals surface area contributed by atoms with E-state index in [1.807, 2.05) is 44.2 Å². The summed E-state index contributed by atoms with van der Waals surface area (Å²) in [5.41, 5.74) is 0.609. The van der Waals surface area contributed by atoms with E-state index in [2.05, 4.69) is 5.32 Å². The average molecular weight is 536 g/mol. The number of non-ortho nitro benzene ring substituents is 1. The van der Waals surface area contributed by atoms with Crippen molar-refractivity contribution in [2.24, 2.45) is 5.92 Å². The van der Waals surface area contributed by atoms with Crippen LogP contribution in [0.1, 0.15) is 25.8 Å². The number of aliphatic hydroxyl groups excluding tert-OH is 1. The Bertz CT molecular complexity index is 1140. The molecule has 2 aromatic rings. The van der Waals surface area contributed by atoms with E-state index < -0.39 is 33.2 Å². The van der Waals surface area contributed by atoms with E-state index >= 15 is 0 Å². The monoisotopic (exact) mass is 535 g/mol. The minimum Gasteiger partial charge on any atom is -0.444 e. The third kappa shape index (κ3) is 8.22. The molecule has 0 aromatic heterocycles. The first-order valence-corrected chi connectivity index (χ1v) is 13.5. The summed E-state index contributed by atoms with van der Waals surface area (Å²) in [6.45, 7) is 4.27. The van der Waals surface area contributed by atoms with Crippen molar-refractivity contribution in [2.45, 2.75) is 49.8 Å². The summed E-state index contributed by atoms with van der Waals surface area (Å²) in [4.78, 5) is 22.8. The van der Waals surface area contributed by atoms with Gasteiger partial charge in [-0.05, 0) is 30.0 Å². The van der Waals surface area contributed by atoms with Crippen LogP contribution in [0.5, 0.6) is 0 Å². The predicted molar refractivity (Wildman–Crippen MR) is 135 cm³/mol. The van der Waals surface area contributed by atoms with Crippen molar-refractivity contribution < 1.29 is 32.7 Å². The first kappa shape index (κ1) is 28.5. The fourth-order valence-corrected chi connectivity index (χ4v) is 5.62. The number of carbonyl (C=O) groups excluding carboxylic acids is 1. The Morgan fingerprint density at radius 3 is 2.43 bits per heavy atom. The largest absolute Gasteiger partial charge is 0.444 e. The highest BCUT2D eigenvalue weighted by Crippen LogP contribution is 2.22. The second-order valence-electron chi connectivity index (χ2n) is 9.37. The Morgan fingerprint density at radius 1 is 1.19 bits per heavy atom. The SMILES string of the molecule is CC(C)CN(C[C@@H](O)C(Cc1ccccc1)NC(=O)OC1CCOC1)S(=O)(=O)c1ccc([N+](=O)[O-])cc1. The highest BCUT2D eigenvalue weighted by Gasteiger charge is 2.32. The molecule has 1 aliphatic heterocycles. The van der Waals surface area contributed by atoms with Crippen molar-refractivity contribution in [1.82, 2.24) is 9.62 Å². The normalized spacial score (nSPS) is 17.5. The van der Waals surface area contributed by atoms with Gasteiger partial charge in [0.15, 0.2) is 0 Å². The lowest BCUT2D eigenvalue weighted by Gasteiger charge is -2.30. The van der Waals surface area contributed by atoms with E-state index in [4.69, 9.17) is 9.47 Å². The number of benzene rings is 2. The molecule has 12 heteroatoms. The Hall–Kier alpha value is -3.06. The summed E-state index contributed by atoms with van der Waals surface area (Å²) in [6.07, 6.45) is -1.56. The van der Waals surface area contributed by atoms with E-state index in [1.54, 1.807) is 0 Å². The van der Waals surface area contributed by atoms with Crippen LogP contribution in [0.15, 0.2) is 59.5 Å². The van der Waals surface area contributed by atoms with Crippen LogP contribution in [0.3, 0.4) is 0 Å². The molecular formula is C25H33N3O8S. The molecule has 2 N–H and O–H groups in total. The van der Waals surface area contributed by atoms with Crippen LogP contribution in [0.2, 0.25) is 0 Å². The van der Waals surface area contributed by atoms with E-state index in [9.17, 15) is 28.4 Å². The third-order valence-electron chi connectivity index (χ3n) is 5.87. The van der Waals surface area contributed by atoms with E-state index in [1.165, 1.54) is 12.1 Å². The molecule has 0 radical (unpaired) electrons. The van der Waals surface area contributed by atoms with Crippen molar-refractivity contribution >= 4 is 21.8 Å². The van der Waals surface area contributed by atoms with Gasteiger partial charge in [-0.15, -0.1) is 0 Å². The van der Waals surface area contributed by atoms with Gasteiger partial charge in [0.1, 0.15) is 6.10 Å². The number of nitro benzene ring substituents is 1. The Kier molecular flexibility index (Phi) is 9.98. The van der Waals surface area contributed by atoms with E-state index in [0.717, 1.165) is 22.0 Å². The summed E-state index contributed by atoms with van der Waals surface area (Å²) in [5.74, 6) is -0.0760. The Morgan fingerprint density at radius 2 is 1.86 bits per heavy atom. The molecule has 3 rings (SSSR count). The maximum atomic E-state index is 13.4. The van der Waals surface area contributed by atoms with Gasteiger partial charge < -0.3 is 19.9 Å². The van der Waals surface area contributed by atoms with Crippen LogP contribution >= 0.6 is 0 Å². The number of carbonyl (C=O) groups is 1. The molecular weight excluding hydrogens is 502 g/mol. The lowest BCUT2D eigenvalue weighted by molar-refractivity contribution is -0.384. The van der Waals surface area contributed by atoms with Crippen molar-refractivity contribution in [3.63, 3.8) is 0 Å². The van der Waals surface area contributed by atoms with Crippen LogP contribution in [0.4, 0.5) is 10.5 Å². The molecule has 2 unspecified atom stereocenters. The number of amides is 1. The zero-order valence-electron chi connectivity index (χ0n) is 20.9. The number of hydrogen-bond acceptors (Lipinski definition) is 8.